The Labute approximate surface area is 105 Å². The lowest BCUT2D eigenvalue weighted by Gasteiger charge is -2.13. The van der Waals surface area contributed by atoms with Crippen molar-refractivity contribution in [2.75, 3.05) is 21.3 Å². The summed E-state index contributed by atoms with van der Waals surface area (Å²) >= 11 is 0. The first-order valence-electron chi connectivity index (χ1n) is 5.23. The number of hydrogen-bond donors (Lipinski definition) is 2. The first kappa shape index (κ1) is 14.1. The number of phenolic OH excluding ortho intramolecular Hbond substituents is 1. The first-order chi connectivity index (χ1) is 8.53. The lowest BCUT2D eigenvalue weighted by Crippen LogP contribution is -2.24. The maximum absolute atomic E-state index is 11.1. The second kappa shape index (κ2) is 6.11. The van der Waals surface area contributed by atoms with Crippen molar-refractivity contribution in [2.24, 2.45) is 0 Å². The lowest BCUT2D eigenvalue weighted by molar-refractivity contribution is -0.150. The highest BCUT2D eigenvalue weighted by atomic mass is 16.5. The van der Waals surface area contributed by atoms with Crippen LogP contribution in [0.2, 0.25) is 0 Å². The van der Waals surface area contributed by atoms with Gasteiger partial charge in [0.25, 0.3) is 0 Å². The van der Waals surface area contributed by atoms with Crippen LogP contribution in [0, 0.1) is 0 Å². The fourth-order valence-electron chi connectivity index (χ4n) is 1.51. The summed E-state index contributed by atoms with van der Waals surface area (Å²) in [4.78, 5) is 11.1. The van der Waals surface area contributed by atoms with Gasteiger partial charge < -0.3 is 24.4 Å². The molecule has 0 fully saturated rings. The minimum Gasteiger partial charge on any atom is -0.502 e. The molecule has 6 heteroatoms. The molecule has 0 saturated carbocycles. The molecule has 2 N–H and O–H groups in total. The number of hydrogen-bond acceptors (Lipinski definition) is 6. The average Bonchev–Trinajstić information content (AvgIpc) is 2.39. The molecule has 0 aromatic heterocycles. The van der Waals surface area contributed by atoms with Crippen LogP contribution >= 0.6 is 0 Å². The molecule has 1 atom stereocenters. The molecular weight excluding hydrogens is 240 g/mol. The molecule has 0 amide bonds. The van der Waals surface area contributed by atoms with Crippen LogP contribution in [0.15, 0.2) is 12.1 Å². The molecule has 1 rings (SSSR count). The van der Waals surface area contributed by atoms with Crippen LogP contribution in [0.4, 0.5) is 0 Å². The SMILES string of the molecule is COC(=O)C(O)Cc1cc(OC)c(O)c(OC)c1. The van der Waals surface area contributed by atoms with Crippen molar-refractivity contribution < 1.29 is 29.2 Å². The Morgan fingerprint density at radius 3 is 2.11 bits per heavy atom. The molecule has 0 spiro atoms. The molecule has 1 aromatic carbocycles. The standard InChI is InChI=1S/C12H16O6/c1-16-9-5-7(4-8(13)12(15)18-3)6-10(17-2)11(9)14/h5-6,8,13-14H,4H2,1-3H3. The van der Waals surface area contributed by atoms with Gasteiger partial charge in [-0.2, -0.15) is 0 Å². The Kier molecular flexibility index (Phi) is 4.79. The Balaban J connectivity index is 2.99. The fraction of sp³-hybridized carbons (Fsp3) is 0.417. The van der Waals surface area contributed by atoms with Gasteiger partial charge in [-0.25, -0.2) is 4.79 Å². The predicted molar refractivity (Wildman–Crippen MR) is 62.9 cm³/mol. The van der Waals surface area contributed by atoms with Crippen LogP contribution in [0.5, 0.6) is 17.2 Å². The highest BCUT2D eigenvalue weighted by molar-refractivity contribution is 5.74. The third-order valence-corrected chi connectivity index (χ3v) is 2.44. The van der Waals surface area contributed by atoms with E-state index in [2.05, 4.69) is 4.74 Å². The molecule has 0 heterocycles. The van der Waals surface area contributed by atoms with E-state index in [0.29, 0.717) is 5.56 Å². The highest BCUT2D eigenvalue weighted by Crippen LogP contribution is 2.37. The van der Waals surface area contributed by atoms with Crippen molar-refractivity contribution in [1.82, 2.24) is 0 Å². The number of ether oxygens (including phenoxy) is 3. The average molecular weight is 256 g/mol. The minimum absolute atomic E-state index is 0.0413. The van der Waals surface area contributed by atoms with Crippen LogP contribution in [-0.4, -0.2) is 43.6 Å². The van der Waals surface area contributed by atoms with Crippen LogP contribution in [0.1, 0.15) is 5.56 Å². The molecule has 0 radical (unpaired) electrons. The monoisotopic (exact) mass is 256 g/mol. The van der Waals surface area contributed by atoms with E-state index in [1.165, 1.54) is 33.5 Å². The van der Waals surface area contributed by atoms with E-state index in [1.807, 2.05) is 0 Å². The number of carbonyl (C=O) groups excluding carboxylic acids is 1. The van der Waals surface area contributed by atoms with Crippen LogP contribution in [0.25, 0.3) is 0 Å². The van der Waals surface area contributed by atoms with Crippen molar-refractivity contribution >= 4 is 5.97 Å². The van der Waals surface area contributed by atoms with Gasteiger partial charge in [-0.1, -0.05) is 0 Å². The summed E-state index contributed by atoms with van der Waals surface area (Å²) in [7, 11) is 3.99. The zero-order valence-electron chi connectivity index (χ0n) is 10.5. The van der Waals surface area contributed by atoms with Crippen LogP contribution in [-0.2, 0) is 16.0 Å². The fourth-order valence-corrected chi connectivity index (χ4v) is 1.51. The van der Waals surface area contributed by atoms with Gasteiger partial charge in [-0.05, 0) is 17.7 Å². The molecule has 100 valence electrons. The first-order valence-corrected chi connectivity index (χ1v) is 5.23. The number of carbonyl (C=O) groups is 1. The lowest BCUT2D eigenvalue weighted by atomic mass is 10.1. The molecule has 1 unspecified atom stereocenters. The molecule has 0 aliphatic carbocycles. The predicted octanol–water partition coefficient (Wildman–Crippen LogP) is 0.486. The van der Waals surface area contributed by atoms with E-state index < -0.39 is 12.1 Å². The Hall–Kier alpha value is -1.95. The number of aromatic hydroxyl groups is 1. The third-order valence-electron chi connectivity index (χ3n) is 2.44. The summed E-state index contributed by atoms with van der Waals surface area (Å²) in [6.45, 7) is 0. The van der Waals surface area contributed by atoms with E-state index in [9.17, 15) is 15.0 Å². The third kappa shape index (κ3) is 3.04. The second-order valence-corrected chi connectivity index (χ2v) is 3.59. The van der Waals surface area contributed by atoms with Gasteiger partial charge in [-0.15, -0.1) is 0 Å². The van der Waals surface area contributed by atoms with Gasteiger partial charge in [0.15, 0.2) is 17.6 Å². The normalized spacial score (nSPS) is 11.8. The summed E-state index contributed by atoms with van der Waals surface area (Å²) in [6.07, 6.45) is -1.23. The van der Waals surface area contributed by atoms with Crippen molar-refractivity contribution in [3.63, 3.8) is 0 Å². The van der Waals surface area contributed by atoms with E-state index in [4.69, 9.17) is 9.47 Å². The van der Waals surface area contributed by atoms with E-state index in [1.54, 1.807) is 0 Å². The van der Waals surface area contributed by atoms with Crippen molar-refractivity contribution in [1.29, 1.82) is 0 Å². The van der Waals surface area contributed by atoms with Crippen molar-refractivity contribution in [2.45, 2.75) is 12.5 Å². The highest BCUT2D eigenvalue weighted by Gasteiger charge is 2.18. The molecule has 0 bridgehead atoms. The van der Waals surface area contributed by atoms with Gasteiger partial charge in [-0.3, -0.25) is 0 Å². The Bertz CT molecular complexity index is 404. The molecule has 0 aliphatic rings. The molecular formula is C12H16O6. The van der Waals surface area contributed by atoms with E-state index in [-0.39, 0.29) is 23.7 Å². The molecule has 0 saturated heterocycles. The van der Waals surface area contributed by atoms with Crippen LogP contribution in [0.3, 0.4) is 0 Å². The topological polar surface area (TPSA) is 85.2 Å². The maximum atomic E-state index is 11.1. The van der Waals surface area contributed by atoms with Crippen LogP contribution < -0.4 is 9.47 Å². The summed E-state index contributed by atoms with van der Waals surface area (Å²) in [5, 5.41) is 19.2. The summed E-state index contributed by atoms with van der Waals surface area (Å²) in [5.41, 5.74) is 0.583. The van der Waals surface area contributed by atoms with Gasteiger partial charge in [0, 0.05) is 6.42 Å². The van der Waals surface area contributed by atoms with Crippen molar-refractivity contribution in [3.8, 4) is 17.2 Å². The smallest absolute Gasteiger partial charge is 0.335 e. The second-order valence-electron chi connectivity index (χ2n) is 3.59. The minimum atomic E-state index is -1.27. The molecule has 6 nitrogen and oxygen atoms in total. The zero-order chi connectivity index (χ0) is 13.7. The van der Waals surface area contributed by atoms with E-state index in [0.717, 1.165) is 0 Å². The quantitative estimate of drug-likeness (QED) is 0.746. The molecule has 1 aromatic rings. The number of aliphatic hydroxyl groups is 1. The Morgan fingerprint density at radius 2 is 1.72 bits per heavy atom. The van der Waals surface area contributed by atoms with Gasteiger partial charge >= 0.3 is 5.97 Å². The number of methoxy groups -OCH3 is 3. The summed E-state index contributed by atoms with van der Waals surface area (Å²) < 4.78 is 14.4. The summed E-state index contributed by atoms with van der Waals surface area (Å²) in [6, 6.07) is 3.04. The summed E-state index contributed by atoms with van der Waals surface area (Å²) in [5.74, 6) is -0.430. The maximum Gasteiger partial charge on any atom is 0.335 e. The van der Waals surface area contributed by atoms with Gasteiger partial charge in [0.2, 0.25) is 5.75 Å². The zero-order valence-corrected chi connectivity index (χ0v) is 10.5. The van der Waals surface area contributed by atoms with Gasteiger partial charge in [0.1, 0.15) is 0 Å². The Morgan fingerprint density at radius 1 is 1.22 bits per heavy atom. The number of esters is 1. The molecule has 18 heavy (non-hydrogen) atoms. The van der Waals surface area contributed by atoms with Crippen molar-refractivity contribution in [3.05, 3.63) is 17.7 Å². The van der Waals surface area contributed by atoms with E-state index >= 15 is 0 Å². The number of aliphatic hydroxyl groups excluding tert-OH is 1. The molecule has 0 aliphatic heterocycles. The number of phenols is 1. The largest absolute Gasteiger partial charge is 0.502 e. The number of benzene rings is 1. The van der Waals surface area contributed by atoms with Gasteiger partial charge in [0.05, 0.1) is 21.3 Å². The number of rotatable bonds is 5.